The van der Waals surface area contributed by atoms with Crippen LogP contribution in [0.2, 0.25) is 6.32 Å². The Morgan fingerprint density at radius 1 is 1.08 bits per heavy atom. The average molecular weight is 168 g/mol. The highest BCUT2D eigenvalue weighted by Crippen LogP contribution is 2.06. The summed E-state index contributed by atoms with van der Waals surface area (Å²) in [7, 11) is 2.36. The van der Waals surface area contributed by atoms with Crippen LogP contribution in [-0.2, 0) is 0 Å². The van der Waals surface area contributed by atoms with E-state index in [2.05, 4.69) is 46.8 Å². The van der Waals surface area contributed by atoms with Crippen LogP contribution in [0.1, 0.15) is 47.5 Å². The third-order valence-electron chi connectivity index (χ3n) is 2.09. The Morgan fingerprint density at radius 2 is 1.58 bits per heavy atom. The van der Waals surface area contributed by atoms with Gasteiger partial charge < -0.3 is 4.81 Å². The van der Waals surface area contributed by atoms with E-state index in [4.69, 9.17) is 0 Å². The van der Waals surface area contributed by atoms with Crippen molar-refractivity contribution < 1.29 is 0 Å². The minimum Gasteiger partial charge on any atom is -0.342 e. The molecular formula is C10H23BN. The lowest BCUT2D eigenvalue weighted by molar-refractivity contribution is 0.311. The van der Waals surface area contributed by atoms with E-state index in [9.17, 15) is 0 Å². The van der Waals surface area contributed by atoms with E-state index >= 15 is 0 Å². The Kier molecular flexibility index (Phi) is 6.54. The second kappa shape index (κ2) is 6.53. The van der Waals surface area contributed by atoms with Crippen molar-refractivity contribution in [1.29, 1.82) is 0 Å². The molecule has 0 amide bonds. The van der Waals surface area contributed by atoms with Gasteiger partial charge in [-0.25, -0.2) is 0 Å². The predicted octanol–water partition coefficient (Wildman–Crippen LogP) is 2.94. The number of hydrogen-bond acceptors (Lipinski definition) is 1. The zero-order valence-electron chi connectivity index (χ0n) is 9.30. The molecule has 0 aliphatic rings. The van der Waals surface area contributed by atoms with Gasteiger partial charge in [-0.15, -0.1) is 0 Å². The highest BCUT2D eigenvalue weighted by atomic mass is 15.1. The van der Waals surface area contributed by atoms with Crippen LogP contribution >= 0.6 is 0 Å². The minimum atomic E-state index is 0.641. The predicted molar refractivity (Wildman–Crippen MR) is 57.6 cm³/mol. The lowest BCUT2D eigenvalue weighted by atomic mass is 9.81. The van der Waals surface area contributed by atoms with Crippen molar-refractivity contribution in [2.24, 2.45) is 0 Å². The van der Waals surface area contributed by atoms with Crippen LogP contribution in [0.4, 0.5) is 0 Å². The van der Waals surface area contributed by atoms with E-state index in [0.29, 0.717) is 12.1 Å². The second-order valence-corrected chi connectivity index (χ2v) is 3.96. The standard InChI is InChI=1S/C10H23BN/c1-6-7-8-11-12(9(2)3)10(4)5/h9-10H,6-8H2,1-5H3. The maximum absolute atomic E-state index is 2.44. The normalized spacial score (nSPS) is 11.7. The molecule has 0 spiro atoms. The van der Waals surface area contributed by atoms with E-state index in [0.717, 1.165) is 0 Å². The van der Waals surface area contributed by atoms with Gasteiger partial charge >= 0.3 is 0 Å². The van der Waals surface area contributed by atoms with Crippen molar-refractivity contribution in [3.63, 3.8) is 0 Å². The van der Waals surface area contributed by atoms with Gasteiger partial charge in [-0.05, 0) is 12.1 Å². The van der Waals surface area contributed by atoms with E-state index in [1.54, 1.807) is 0 Å². The molecule has 0 N–H and O–H groups in total. The Balaban J connectivity index is 3.64. The summed E-state index contributed by atoms with van der Waals surface area (Å²) in [5.41, 5.74) is 0. The zero-order valence-corrected chi connectivity index (χ0v) is 9.30. The molecule has 1 radical (unpaired) electrons. The van der Waals surface area contributed by atoms with E-state index in [1.807, 2.05) is 0 Å². The number of rotatable bonds is 6. The molecule has 2 heteroatoms. The maximum Gasteiger partial charge on any atom is 0.209 e. The van der Waals surface area contributed by atoms with Crippen molar-refractivity contribution in [3.05, 3.63) is 0 Å². The van der Waals surface area contributed by atoms with E-state index in [1.165, 1.54) is 19.2 Å². The molecule has 0 saturated carbocycles. The van der Waals surface area contributed by atoms with Crippen molar-refractivity contribution in [2.45, 2.75) is 65.9 Å². The summed E-state index contributed by atoms with van der Waals surface area (Å²) in [5, 5.41) is 0. The Labute approximate surface area is 78.8 Å². The van der Waals surface area contributed by atoms with Gasteiger partial charge in [0.2, 0.25) is 7.41 Å². The summed E-state index contributed by atoms with van der Waals surface area (Å²) >= 11 is 0. The molecule has 0 fully saturated rings. The van der Waals surface area contributed by atoms with Crippen LogP contribution in [-0.4, -0.2) is 24.3 Å². The van der Waals surface area contributed by atoms with Crippen LogP contribution in [0.25, 0.3) is 0 Å². The molecular weight excluding hydrogens is 145 g/mol. The summed E-state index contributed by atoms with van der Waals surface area (Å²) in [4.78, 5) is 2.44. The van der Waals surface area contributed by atoms with E-state index in [-0.39, 0.29) is 0 Å². The van der Waals surface area contributed by atoms with Crippen LogP contribution in [0.15, 0.2) is 0 Å². The van der Waals surface area contributed by atoms with Crippen molar-refractivity contribution in [3.8, 4) is 0 Å². The molecule has 71 valence electrons. The van der Waals surface area contributed by atoms with Crippen molar-refractivity contribution in [2.75, 3.05) is 0 Å². The SMILES string of the molecule is CCCC[B]N(C(C)C)C(C)C. The highest BCUT2D eigenvalue weighted by molar-refractivity contribution is 6.32. The molecule has 0 aliphatic carbocycles. The van der Waals surface area contributed by atoms with Crippen LogP contribution in [0.3, 0.4) is 0 Å². The quantitative estimate of drug-likeness (QED) is 0.435. The molecule has 0 bridgehead atoms. The van der Waals surface area contributed by atoms with E-state index < -0.39 is 0 Å². The van der Waals surface area contributed by atoms with Crippen LogP contribution < -0.4 is 0 Å². The zero-order chi connectivity index (χ0) is 9.56. The fourth-order valence-electron chi connectivity index (χ4n) is 1.46. The molecule has 0 aromatic rings. The summed E-state index contributed by atoms with van der Waals surface area (Å²) in [6, 6.07) is 1.28. The largest absolute Gasteiger partial charge is 0.342 e. The first-order chi connectivity index (χ1) is 5.59. The molecule has 0 saturated heterocycles. The van der Waals surface area contributed by atoms with Gasteiger partial charge in [-0.1, -0.05) is 53.8 Å². The fourth-order valence-corrected chi connectivity index (χ4v) is 1.46. The molecule has 0 aliphatic heterocycles. The maximum atomic E-state index is 2.44. The fraction of sp³-hybridized carbons (Fsp3) is 1.00. The van der Waals surface area contributed by atoms with Gasteiger partial charge in [-0.2, -0.15) is 0 Å². The van der Waals surface area contributed by atoms with Crippen LogP contribution in [0, 0.1) is 0 Å². The lowest BCUT2D eigenvalue weighted by Crippen LogP contribution is -2.39. The topological polar surface area (TPSA) is 3.24 Å². The number of nitrogens with zero attached hydrogens (tertiary/aromatic N) is 1. The smallest absolute Gasteiger partial charge is 0.209 e. The highest BCUT2D eigenvalue weighted by Gasteiger charge is 2.12. The molecule has 0 aromatic carbocycles. The molecule has 0 atom stereocenters. The minimum absolute atomic E-state index is 0.641. The Morgan fingerprint density at radius 3 is 1.92 bits per heavy atom. The first kappa shape index (κ1) is 12.0. The van der Waals surface area contributed by atoms with Gasteiger partial charge in [-0.3, -0.25) is 0 Å². The third-order valence-corrected chi connectivity index (χ3v) is 2.09. The average Bonchev–Trinajstić information content (AvgIpc) is 1.96. The third kappa shape index (κ3) is 4.81. The Bertz CT molecular complexity index is 94.0. The van der Waals surface area contributed by atoms with Gasteiger partial charge in [0, 0.05) is 0 Å². The summed E-state index contributed by atoms with van der Waals surface area (Å²) < 4.78 is 0. The monoisotopic (exact) mass is 168 g/mol. The van der Waals surface area contributed by atoms with Crippen LogP contribution in [0.5, 0.6) is 0 Å². The number of hydrogen-bond donors (Lipinski definition) is 0. The summed E-state index contributed by atoms with van der Waals surface area (Å²) in [6.07, 6.45) is 3.84. The summed E-state index contributed by atoms with van der Waals surface area (Å²) in [6.45, 7) is 11.2. The van der Waals surface area contributed by atoms with Crippen molar-refractivity contribution >= 4 is 7.41 Å². The Hall–Kier alpha value is 0.0249. The molecule has 0 aromatic heterocycles. The molecule has 12 heavy (non-hydrogen) atoms. The summed E-state index contributed by atoms with van der Waals surface area (Å²) in [5.74, 6) is 0. The van der Waals surface area contributed by atoms with Gasteiger partial charge in [0.05, 0.1) is 0 Å². The van der Waals surface area contributed by atoms with Gasteiger partial charge in [0.15, 0.2) is 0 Å². The van der Waals surface area contributed by atoms with Gasteiger partial charge in [0.25, 0.3) is 0 Å². The molecule has 0 heterocycles. The lowest BCUT2D eigenvalue weighted by Gasteiger charge is -2.30. The van der Waals surface area contributed by atoms with Gasteiger partial charge in [0.1, 0.15) is 0 Å². The first-order valence-corrected chi connectivity index (χ1v) is 5.20. The molecule has 0 unspecified atom stereocenters. The van der Waals surface area contributed by atoms with Crippen molar-refractivity contribution in [1.82, 2.24) is 4.81 Å². The number of unbranched alkanes of at least 4 members (excludes halogenated alkanes) is 1. The first-order valence-electron chi connectivity index (χ1n) is 5.20. The molecule has 0 rings (SSSR count). The second-order valence-electron chi connectivity index (χ2n) is 3.96. The molecule has 1 nitrogen and oxygen atoms in total.